The molecule has 1 aromatic rings. The molecular weight excluding hydrogens is 323 g/mol. The third-order valence-corrected chi connectivity index (χ3v) is 4.61. The van der Waals surface area contributed by atoms with Crippen molar-refractivity contribution in [2.75, 3.05) is 19.8 Å². The van der Waals surface area contributed by atoms with Crippen LogP contribution in [0.1, 0.15) is 69.4 Å². The molecule has 0 bridgehead atoms. The molecule has 0 spiro atoms. The third-order valence-electron chi connectivity index (χ3n) is 4.20. The van der Waals surface area contributed by atoms with Gasteiger partial charge in [-0.3, -0.25) is 0 Å². The second-order valence-corrected chi connectivity index (χ2v) is 6.91. The number of hydrogen-bond donors (Lipinski definition) is 2. The zero-order valence-corrected chi connectivity index (χ0v) is 16.0. The van der Waals surface area contributed by atoms with E-state index in [1.165, 1.54) is 17.5 Å². The van der Waals surface area contributed by atoms with Crippen LogP contribution in [0.3, 0.4) is 0 Å². The number of hydrogen-bond acceptors (Lipinski definition) is 4. The summed E-state index contributed by atoms with van der Waals surface area (Å²) in [6.45, 7) is 6.48. The Morgan fingerprint density at radius 1 is 0.958 bits per heavy atom. The highest BCUT2D eigenvalue weighted by molar-refractivity contribution is 7.39. The van der Waals surface area contributed by atoms with Gasteiger partial charge >= 0.3 is 8.60 Å². The summed E-state index contributed by atoms with van der Waals surface area (Å²) < 4.78 is 10.3. The summed E-state index contributed by atoms with van der Waals surface area (Å²) in [7, 11) is -2.21. The third kappa shape index (κ3) is 9.71. The summed E-state index contributed by atoms with van der Waals surface area (Å²) in [5.74, 6) is 0.508. The Labute approximate surface area is 148 Å². The number of rotatable bonds is 14. The minimum Gasteiger partial charge on any atom is -0.381 e. The molecule has 5 heteroatoms. The molecule has 1 rings (SSSR count). The van der Waals surface area contributed by atoms with Gasteiger partial charge < -0.3 is 19.0 Å². The first kappa shape index (κ1) is 21.5. The van der Waals surface area contributed by atoms with Crippen LogP contribution >= 0.6 is 8.60 Å². The van der Waals surface area contributed by atoms with Crippen LogP contribution in [0.4, 0.5) is 0 Å². The molecule has 1 atom stereocenters. The molecule has 0 radical (unpaired) electrons. The van der Waals surface area contributed by atoms with Crippen molar-refractivity contribution in [2.45, 2.75) is 64.7 Å². The van der Waals surface area contributed by atoms with Gasteiger partial charge in [-0.2, -0.15) is 0 Å². The Hall–Kier alpha value is -0.510. The Balaban J connectivity index is 2.30. The topological polar surface area (TPSA) is 58.9 Å². The van der Waals surface area contributed by atoms with Crippen molar-refractivity contribution < 1.29 is 19.0 Å². The first-order valence-electron chi connectivity index (χ1n) is 9.14. The van der Waals surface area contributed by atoms with Gasteiger partial charge in [-0.1, -0.05) is 38.1 Å². The van der Waals surface area contributed by atoms with Crippen molar-refractivity contribution in [1.29, 1.82) is 0 Å². The fourth-order valence-electron chi connectivity index (χ4n) is 2.82. The zero-order chi connectivity index (χ0) is 17.6. The molecule has 0 amide bonds. The largest absolute Gasteiger partial charge is 0.381 e. The Morgan fingerprint density at radius 2 is 1.71 bits per heavy atom. The number of aryl methyl sites for hydroxylation is 1. The Kier molecular flexibility index (Phi) is 12.3. The van der Waals surface area contributed by atoms with Gasteiger partial charge in [0.05, 0.1) is 6.61 Å². The fraction of sp³-hybridized carbons (Fsp3) is 0.684. The van der Waals surface area contributed by atoms with Gasteiger partial charge in [-0.15, -0.1) is 0 Å². The second-order valence-electron chi connectivity index (χ2n) is 6.14. The van der Waals surface area contributed by atoms with E-state index in [0.717, 1.165) is 51.7 Å². The normalized spacial score (nSPS) is 12.7. The molecular formula is C19H33O4P. The highest BCUT2D eigenvalue weighted by atomic mass is 31.2. The summed E-state index contributed by atoms with van der Waals surface area (Å²) in [6, 6.07) is 8.95. The minimum atomic E-state index is -2.21. The van der Waals surface area contributed by atoms with E-state index in [2.05, 4.69) is 38.1 Å². The van der Waals surface area contributed by atoms with Crippen molar-refractivity contribution in [2.24, 2.45) is 0 Å². The van der Waals surface area contributed by atoms with Crippen LogP contribution in [0.15, 0.2) is 24.3 Å². The average Bonchev–Trinajstić information content (AvgIpc) is 2.59. The molecule has 0 aromatic heterocycles. The maximum absolute atomic E-state index is 8.74. The smallest absolute Gasteiger partial charge is 0.327 e. The lowest BCUT2D eigenvalue weighted by Crippen LogP contribution is -2.01. The first-order chi connectivity index (χ1) is 11.7. The van der Waals surface area contributed by atoms with Crippen molar-refractivity contribution in [3.8, 4) is 0 Å². The van der Waals surface area contributed by atoms with Crippen LogP contribution in [-0.4, -0.2) is 29.6 Å². The van der Waals surface area contributed by atoms with E-state index in [4.69, 9.17) is 19.0 Å². The molecule has 0 heterocycles. The average molecular weight is 356 g/mol. The second kappa shape index (κ2) is 13.7. The van der Waals surface area contributed by atoms with Crippen molar-refractivity contribution in [1.82, 2.24) is 0 Å². The lowest BCUT2D eigenvalue weighted by molar-refractivity contribution is 0.131. The van der Waals surface area contributed by atoms with E-state index in [1.807, 2.05) is 0 Å². The van der Waals surface area contributed by atoms with Crippen LogP contribution in [0.2, 0.25) is 0 Å². The Morgan fingerprint density at radius 3 is 2.33 bits per heavy atom. The molecule has 0 saturated heterocycles. The van der Waals surface area contributed by atoms with E-state index < -0.39 is 8.60 Å². The molecule has 0 aliphatic rings. The number of ether oxygens (including phenoxy) is 1. The lowest BCUT2D eigenvalue weighted by atomic mass is 9.91. The van der Waals surface area contributed by atoms with E-state index in [0.29, 0.717) is 12.5 Å². The monoisotopic (exact) mass is 356 g/mol. The Bertz CT molecular complexity index is 408. The van der Waals surface area contributed by atoms with E-state index >= 15 is 0 Å². The summed E-state index contributed by atoms with van der Waals surface area (Å²) in [5.41, 5.74) is 2.75. The minimum absolute atomic E-state index is 0.410. The van der Waals surface area contributed by atoms with Gasteiger partial charge in [0.25, 0.3) is 0 Å². The van der Waals surface area contributed by atoms with Gasteiger partial charge in [-0.05, 0) is 62.0 Å². The maximum Gasteiger partial charge on any atom is 0.327 e. The van der Waals surface area contributed by atoms with Crippen molar-refractivity contribution in [3.05, 3.63) is 35.4 Å². The molecule has 0 fully saturated rings. The summed E-state index contributed by atoms with van der Waals surface area (Å²) in [4.78, 5) is 17.5. The molecule has 1 unspecified atom stereocenters. The SMILES string of the molecule is CCCOCCCCc1ccc(C(CC)CCCOP(O)O)cc1. The predicted octanol–water partition coefficient (Wildman–Crippen LogP) is 4.94. The molecule has 0 saturated carbocycles. The predicted molar refractivity (Wildman–Crippen MR) is 100 cm³/mol. The molecule has 24 heavy (non-hydrogen) atoms. The van der Waals surface area contributed by atoms with Gasteiger partial charge in [0.2, 0.25) is 0 Å². The highest BCUT2D eigenvalue weighted by Crippen LogP contribution is 2.28. The first-order valence-corrected chi connectivity index (χ1v) is 10.3. The van der Waals surface area contributed by atoms with Crippen LogP contribution in [0, 0.1) is 0 Å². The molecule has 0 aliphatic heterocycles. The number of benzene rings is 1. The summed E-state index contributed by atoms with van der Waals surface area (Å²) >= 11 is 0. The van der Waals surface area contributed by atoms with Gasteiger partial charge in [0.1, 0.15) is 0 Å². The zero-order valence-electron chi connectivity index (χ0n) is 15.1. The summed E-state index contributed by atoms with van der Waals surface area (Å²) in [5, 5.41) is 0. The molecule has 4 nitrogen and oxygen atoms in total. The van der Waals surface area contributed by atoms with E-state index in [1.54, 1.807) is 0 Å². The van der Waals surface area contributed by atoms with Crippen LogP contribution in [-0.2, 0) is 15.7 Å². The van der Waals surface area contributed by atoms with Crippen LogP contribution in [0.25, 0.3) is 0 Å². The summed E-state index contributed by atoms with van der Waals surface area (Å²) in [6.07, 6.45) is 7.43. The van der Waals surface area contributed by atoms with E-state index in [-0.39, 0.29) is 0 Å². The van der Waals surface area contributed by atoms with Gasteiger partial charge in [-0.25, -0.2) is 0 Å². The van der Waals surface area contributed by atoms with Crippen LogP contribution in [0.5, 0.6) is 0 Å². The lowest BCUT2D eigenvalue weighted by Gasteiger charge is -2.16. The molecule has 0 aliphatic carbocycles. The maximum atomic E-state index is 8.74. The highest BCUT2D eigenvalue weighted by Gasteiger charge is 2.10. The standard InChI is InChI=1S/C19H33O4P/c1-3-14-22-15-6-5-8-17-10-12-19(13-11-17)18(4-2)9-7-16-23-24(20)21/h10-13,18,20-21H,3-9,14-16H2,1-2H3. The van der Waals surface area contributed by atoms with Crippen LogP contribution < -0.4 is 0 Å². The number of unbranched alkanes of at least 4 members (excludes halogenated alkanes) is 1. The van der Waals surface area contributed by atoms with Gasteiger partial charge in [0, 0.05) is 13.2 Å². The molecule has 138 valence electrons. The van der Waals surface area contributed by atoms with E-state index in [9.17, 15) is 0 Å². The van der Waals surface area contributed by atoms with Crippen molar-refractivity contribution >= 4 is 8.60 Å². The van der Waals surface area contributed by atoms with Gasteiger partial charge in [0.15, 0.2) is 0 Å². The fourth-order valence-corrected chi connectivity index (χ4v) is 3.11. The quantitative estimate of drug-likeness (QED) is 0.366. The van der Waals surface area contributed by atoms with Crippen molar-refractivity contribution in [3.63, 3.8) is 0 Å². The molecule has 1 aromatic carbocycles. The molecule has 2 N–H and O–H groups in total.